The molecular weight excluding hydrogens is 422 g/mol. The molecule has 1 aromatic heterocycles. The standard InChI is InChI=1S/C25H29N3O3S/c1-17-6-8-18(9-7-17)26-24(29)14-25-27-19(16-32-25)15-28-12-4-5-22(28)21-13-20(30-2)10-11-23(21)31-3/h6-11,13,16,22H,4-5,12,14-15H2,1-3H3,(H,26,29). The molecule has 0 saturated carbocycles. The lowest BCUT2D eigenvalue weighted by Crippen LogP contribution is -2.23. The molecule has 1 fully saturated rings. The third kappa shape index (κ3) is 5.29. The summed E-state index contributed by atoms with van der Waals surface area (Å²) >= 11 is 1.54. The number of amides is 1. The molecular formula is C25H29N3O3S. The summed E-state index contributed by atoms with van der Waals surface area (Å²) in [5, 5.41) is 5.84. The van der Waals surface area contributed by atoms with E-state index in [4.69, 9.17) is 14.5 Å². The highest BCUT2D eigenvalue weighted by molar-refractivity contribution is 7.09. The lowest BCUT2D eigenvalue weighted by atomic mass is 10.0. The maximum atomic E-state index is 12.4. The Morgan fingerprint density at radius 3 is 2.75 bits per heavy atom. The van der Waals surface area contributed by atoms with Gasteiger partial charge in [-0.2, -0.15) is 0 Å². The molecule has 0 bridgehead atoms. The van der Waals surface area contributed by atoms with Gasteiger partial charge in [0.05, 0.1) is 26.3 Å². The third-order valence-electron chi connectivity index (χ3n) is 5.77. The maximum absolute atomic E-state index is 12.4. The van der Waals surface area contributed by atoms with Gasteiger partial charge in [0.15, 0.2) is 0 Å². The average Bonchev–Trinajstić information content (AvgIpc) is 3.44. The number of methoxy groups -OCH3 is 2. The van der Waals surface area contributed by atoms with Gasteiger partial charge >= 0.3 is 0 Å². The number of aryl methyl sites for hydroxylation is 1. The first kappa shape index (κ1) is 22.3. The van der Waals surface area contributed by atoms with Crippen molar-refractivity contribution < 1.29 is 14.3 Å². The van der Waals surface area contributed by atoms with Crippen LogP contribution in [0.5, 0.6) is 11.5 Å². The monoisotopic (exact) mass is 451 g/mol. The van der Waals surface area contributed by atoms with E-state index >= 15 is 0 Å². The second-order valence-electron chi connectivity index (χ2n) is 8.06. The van der Waals surface area contributed by atoms with Crippen molar-refractivity contribution in [3.05, 3.63) is 69.7 Å². The molecule has 32 heavy (non-hydrogen) atoms. The van der Waals surface area contributed by atoms with Crippen molar-refractivity contribution in [2.24, 2.45) is 0 Å². The Labute approximate surface area is 193 Å². The van der Waals surface area contributed by atoms with Crippen LogP contribution in [0, 0.1) is 6.92 Å². The van der Waals surface area contributed by atoms with E-state index in [9.17, 15) is 4.79 Å². The number of benzene rings is 2. The first-order chi connectivity index (χ1) is 15.6. The van der Waals surface area contributed by atoms with Crippen LogP contribution in [-0.2, 0) is 17.8 Å². The second-order valence-corrected chi connectivity index (χ2v) is 9.00. The molecule has 168 valence electrons. The van der Waals surface area contributed by atoms with Gasteiger partial charge in [0.2, 0.25) is 5.91 Å². The van der Waals surface area contributed by atoms with Crippen LogP contribution in [0.25, 0.3) is 0 Å². The number of carbonyl (C=O) groups is 1. The molecule has 3 aromatic rings. The van der Waals surface area contributed by atoms with Crippen LogP contribution >= 0.6 is 11.3 Å². The van der Waals surface area contributed by atoms with Crippen LogP contribution in [-0.4, -0.2) is 36.6 Å². The van der Waals surface area contributed by atoms with Crippen LogP contribution in [0.1, 0.15) is 40.7 Å². The summed E-state index contributed by atoms with van der Waals surface area (Å²) in [7, 11) is 3.39. The zero-order chi connectivity index (χ0) is 22.5. The Balaban J connectivity index is 1.40. The largest absolute Gasteiger partial charge is 0.497 e. The molecule has 1 aliphatic rings. The summed E-state index contributed by atoms with van der Waals surface area (Å²) < 4.78 is 11.1. The van der Waals surface area contributed by atoms with Gasteiger partial charge in [0, 0.05) is 29.2 Å². The summed E-state index contributed by atoms with van der Waals surface area (Å²) in [5.41, 5.74) is 4.13. The average molecular weight is 452 g/mol. The highest BCUT2D eigenvalue weighted by atomic mass is 32.1. The number of rotatable bonds is 8. The number of hydrogen-bond donors (Lipinski definition) is 1. The molecule has 1 atom stereocenters. The van der Waals surface area contributed by atoms with Gasteiger partial charge in [-0.3, -0.25) is 9.69 Å². The highest BCUT2D eigenvalue weighted by Crippen LogP contribution is 2.39. The van der Waals surface area contributed by atoms with E-state index in [0.29, 0.717) is 0 Å². The maximum Gasteiger partial charge on any atom is 0.231 e. The molecule has 0 radical (unpaired) electrons. The number of ether oxygens (including phenoxy) is 2. The number of likely N-dealkylation sites (tertiary alicyclic amines) is 1. The predicted octanol–water partition coefficient (Wildman–Crippen LogP) is 4.99. The molecule has 2 aromatic carbocycles. The topological polar surface area (TPSA) is 63.7 Å². The van der Waals surface area contributed by atoms with E-state index in [-0.39, 0.29) is 18.4 Å². The fourth-order valence-electron chi connectivity index (χ4n) is 4.16. The second kappa shape index (κ2) is 10.1. The number of nitrogens with zero attached hydrogens (tertiary/aromatic N) is 2. The first-order valence-corrected chi connectivity index (χ1v) is 11.7. The minimum atomic E-state index is -0.0464. The SMILES string of the molecule is COc1ccc(OC)c(C2CCCN2Cc2csc(CC(=O)Nc3ccc(C)cc3)n2)c1. The van der Waals surface area contributed by atoms with E-state index < -0.39 is 0 Å². The molecule has 7 heteroatoms. The molecule has 1 N–H and O–H groups in total. The Morgan fingerprint density at radius 1 is 1.19 bits per heavy atom. The molecule has 0 aliphatic carbocycles. The Hall–Kier alpha value is -2.90. The zero-order valence-electron chi connectivity index (χ0n) is 18.8. The highest BCUT2D eigenvalue weighted by Gasteiger charge is 2.29. The van der Waals surface area contributed by atoms with Crippen molar-refractivity contribution in [2.45, 2.75) is 38.8 Å². The summed E-state index contributed by atoms with van der Waals surface area (Å²) in [6, 6.07) is 14.0. The van der Waals surface area contributed by atoms with E-state index in [1.807, 2.05) is 43.3 Å². The zero-order valence-corrected chi connectivity index (χ0v) is 19.6. The Morgan fingerprint density at radius 2 is 2.00 bits per heavy atom. The van der Waals surface area contributed by atoms with Gasteiger partial charge in [-0.15, -0.1) is 11.3 Å². The van der Waals surface area contributed by atoms with E-state index in [0.717, 1.165) is 59.4 Å². The quantitative estimate of drug-likeness (QED) is 0.523. The predicted molar refractivity (Wildman–Crippen MR) is 128 cm³/mol. The van der Waals surface area contributed by atoms with Gasteiger partial charge in [-0.1, -0.05) is 17.7 Å². The summed E-state index contributed by atoms with van der Waals surface area (Å²) in [6.07, 6.45) is 2.48. The van der Waals surface area contributed by atoms with Gasteiger partial charge in [0.1, 0.15) is 16.5 Å². The van der Waals surface area contributed by atoms with Crippen LogP contribution < -0.4 is 14.8 Å². The first-order valence-electron chi connectivity index (χ1n) is 10.8. The van der Waals surface area contributed by atoms with Crippen LogP contribution in [0.4, 0.5) is 5.69 Å². The molecule has 6 nitrogen and oxygen atoms in total. The molecule has 0 spiro atoms. The molecule has 1 amide bonds. The number of thiazole rings is 1. The van der Waals surface area contributed by atoms with Crippen LogP contribution in [0.3, 0.4) is 0 Å². The van der Waals surface area contributed by atoms with Crippen molar-refractivity contribution in [1.82, 2.24) is 9.88 Å². The van der Waals surface area contributed by atoms with Crippen molar-refractivity contribution >= 4 is 22.9 Å². The smallest absolute Gasteiger partial charge is 0.231 e. The molecule has 1 unspecified atom stereocenters. The summed E-state index contributed by atoms with van der Waals surface area (Å²) in [4.78, 5) is 19.6. The molecule has 4 rings (SSSR count). The van der Waals surface area contributed by atoms with Gasteiger partial charge in [-0.05, 0) is 56.6 Å². The van der Waals surface area contributed by atoms with Crippen molar-refractivity contribution in [3.63, 3.8) is 0 Å². The van der Waals surface area contributed by atoms with Gasteiger partial charge in [-0.25, -0.2) is 4.98 Å². The third-order valence-corrected chi connectivity index (χ3v) is 6.67. The normalized spacial score (nSPS) is 16.2. The molecule has 2 heterocycles. The molecule has 1 aliphatic heterocycles. The number of hydrogen-bond acceptors (Lipinski definition) is 6. The number of anilines is 1. The lowest BCUT2D eigenvalue weighted by molar-refractivity contribution is -0.115. The fourth-order valence-corrected chi connectivity index (χ4v) is 4.94. The van der Waals surface area contributed by atoms with Gasteiger partial charge < -0.3 is 14.8 Å². The van der Waals surface area contributed by atoms with Crippen molar-refractivity contribution in [2.75, 3.05) is 26.1 Å². The summed E-state index contributed by atoms with van der Waals surface area (Å²) in [5.74, 6) is 1.67. The minimum absolute atomic E-state index is 0.0464. The number of nitrogens with one attached hydrogen (secondary N) is 1. The Kier molecular flexibility index (Phi) is 7.07. The number of carbonyl (C=O) groups excluding carboxylic acids is 1. The van der Waals surface area contributed by atoms with E-state index in [1.165, 1.54) is 5.56 Å². The van der Waals surface area contributed by atoms with Crippen molar-refractivity contribution in [1.29, 1.82) is 0 Å². The molecule has 1 saturated heterocycles. The van der Waals surface area contributed by atoms with Gasteiger partial charge in [0.25, 0.3) is 0 Å². The van der Waals surface area contributed by atoms with E-state index in [2.05, 4.69) is 21.7 Å². The van der Waals surface area contributed by atoms with Crippen molar-refractivity contribution in [3.8, 4) is 11.5 Å². The van der Waals surface area contributed by atoms with Crippen LogP contribution in [0.15, 0.2) is 47.8 Å². The fraction of sp³-hybridized carbons (Fsp3) is 0.360. The summed E-state index contributed by atoms with van der Waals surface area (Å²) in [6.45, 7) is 3.78. The Bertz CT molecular complexity index is 1060. The van der Waals surface area contributed by atoms with E-state index in [1.54, 1.807) is 25.6 Å². The van der Waals surface area contributed by atoms with Crippen LogP contribution in [0.2, 0.25) is 0 Å². The minimum Gasteiger partial charge on any atom is -0.497 e. The lowest BCUT2D eigenvalue weighted by Gasteiger charge is -2.25. The number of aromatic nitrogens is 1.